The molecular weight excluding hydrogens is 244 g/mol. The van der Waals surface area contributed by atoms with Crippen molar-refractivity contribution in [3.8, 4) is 0 Å². The first-order valence-corrected chi connectivity index (χ1v) is 5.07. The van der Waals surface area contributed by atoms with Crippen LogP contribution in [0.3, 0.4) is 0 Å². The van der Waals surface area contributed by atoms with E-state index in [9.17, 15) is 4.79 Å². The van der Waals surface area contributed by atoms with Crippen molar-refractivity contribution < 1.29 is 4.79 Å². The SMILES string of the molecule is CN(C)/C=C/C(=O)C1=CC(Br)=CNC1. The molecule has 1 rings (SSSR count). The highest BCUT2D eigenvalue weighted by molar-refractivity contribution is 9.11. The number of carbonyl (C=O) groups is 1. The average Bonchev–Trinajstić information content (AvgIpc) is 2.14. The fraction of sp³-hybridized carbons (Fsp3) is 0.300. The van der Waals surface area contributed by atoms with Gasteiger partial charge in [-0.05, 0) is 22.0 Å². The molecule has 4 heteroatoms. The zero-order valence-electron chi connectivity index (χ0n) is 8.25. The monoisotopic (exact) mass is 256 g/mol. The van der Waals surface area contributed by atoms with Crippen LogP contribution in [0.4, 0.5) is 0 Å². The van der Waals surface area contributed by atoms with Crippen molar-refractivity contribution in [3.05, 3.63) is 34.6 Å². The largest absolute Gasteiger partial charge is 0.386 e. The highest BCUT2D eigenvalue weighted by Gasteiger charge is 2.08. The molecule has 0 bridgehead atoms. The topological polar surface area (TPSA) is 32.3 Å². The molecule has 76 valence electrons. The summed E-state index contributed by atoms with van der Waals surface area (Å²) in [7, 11) is 3.76. The van der Waals surface area contributed by atoms with E-state index in [2.05, 4.69) is 21.2 Å². The lowest BCUT2D eigenvalue weighted by Crippen LogP contribution is -2.19. The second kappa shape index (κ2) is 5.00. The number of nitrogens with one attached hydrogen (secondary N) is 1. The molecule has 0 spiro atoms. The van der Waals surface area contributed by atoms with Crippen LogP contribution in [0.2, 0.25) is 0 Å². The van der Waals surface area contributed by atoms with Crippen LogP contribution in [0.25, 0.3) is 0 Å². The van der Waals surface area contributed by atoms with Crippen LogP contribution in [-0.4, -0.2) is 31.3 Å². The van der Waals surface area contributed by atoms with Crippen molar-refractivity contribution in [2.75, 3.05) is 20.6 Å². The van der Waals surface area contributed by atoms with Gasteiger partial charge in [-0.15, -0.1) is 0 Å². The van der Waals surface area contributed by atoms with Crippen molar-refractivity contribution in [1.82, 2.24) is 10.2 Å². The van der Waals surface area contributed by atoms with Gasteiger partial charge in [0.2, 0.25) is 0 Å². The number of rotatable bonds is 3. The first kappa shape index (κ1) is 11.0. The molecule has 0 saturated heterocycles. The van der Waals surface area contributed by atoms with Crippen LogP contribution in [0.15, 0.2) is 34.6 Å². The zero-order chi connectivity index (χ0) is 10.6. The highest BCUT2D eigenvalue weighted by atomic mass is 79.9. The first-order valence-electron chi connectivity index (χ1n) is 4.28. The third kappa shape index (κ3) is 3.38. The molecule has 0 unspecified atom stereocenters. The summed E-state index contributed by atoms with van der Waals surface area (Å²) in [4.78, 5) is 13.4. The van der Waals surface area contributed by atoms with Crippen molar-refractivity contribution in [3.63, 3.8) is 0 Å². The first-order chi connectivity index (χ1) is 6.59. The maximum absolute atomic E-state index is 11.6. The summed E-state index contributed by atoms with van der Waals surface area (Å²) in [5.74, 6) is 0.0382. The van der Waals surface area contributed by atoms with Crippen LogP contribution < -0.4 is 5.32 Å². The molecule has 0 aromatic heterocycles. The van der Waals surface area contributed by atoms with Gasteiger partial charge in [-0.2, -0.15) is 0 Å². The van der Waals surface area contributed by atoms with Crippen LogP contribution >= 0.6 is 15.9 Å². The van der Waals surface area contributed by atoms with Gasteiger partial charge in [-0.25, -0.2) is 0 Å². The Morgan fingerprint density at radius 2 is 2.36 bits per heavy atom. The molecule has 0 aromatic rings. The predicted molar refractivity (Wildman–Crippen MR) is 60.9 cm³/mol. The van der Waals surface area contributed by atoms with Crippen molar-refractivity contribution in [1.29, 1.82) is 0 Å². The Bertz CT molecular complexity index is 316. The Morgan fingerprint density at radius 3 is 2.93 bits per heavy atom. The molecule has 14 heavy (non-hydrogen) atoms. The van der Waals surface area contributed by atoms with Crippen LogP contribution in [0.5, 0.6) is 0 Å². The van der Waals surface area contributed by atoms with Gasteiger partial charge >= 0.3 is 0 Å². The number of halogens is 1. The Balaban J connectivity index is 2.66. The minimum atomic E-state index is 0.0382. The van der Waals surface area contributed by atoms with Gasteiger partial charge in [0.05, 0.1) is 0 Å². The summed E-state index contributed by atoms with van der Waals surface area (Å²) in [6.07, 6.45) is 6.97. The maximum Gasteiger partial charge on any atom is 0.185 e. The third-order valence-corrected chi connectivity index (χ3v) is 2.14. The Kier molecular flexibility index (Phi) is 3.95. The van der Waals surface area contributed by atoms with E-state index in [1.54, 1.807) is 12.3 Å². The lowest BCUT2D eigenvalue weighted by atomic mass is 10.1. The summed E-state index contributed by atoms with van der Waals surface area (Å²) >= 11 is 3.31. The summed E-state index contributed by atoms with van der Waals surface area (Å²) in [6.45, 7) is 0.589. The van der Waals surface area contributed by atoms with Crippen LogP contribution in [0.1, 0.15) is 0 Å². The molecule has 0 aromatic carbocycles. The highest BCUT2D eigenvalue weighted by Crippen LogP contribution is 2.13. The van der Waals surface area contributed by atoms with E-state index in [-0.39, 0.29) is 5.78 Å². The number of ketones is 1. The lowest BCUT2D eigenvalue weighted by Gasteiger charge is -2.10. The Hall–Kier alpha value is -1.03. The van der Waals surface area contributed by atoms with Crippen molar-refractivity contribution in [2.24, 2.45) is 0 Å². The molecule has 3 nitrogen and oxygen atoms in total. The van der Waals surface area contributed by atoms with E-state index < -0.39 is 0 Å². The number of hydrogen-bond donors (Lipinski definition) is 1. The molecule has 1 aliphatic rings. The molecule has 1 N–H and O–H groups in total. The Morgan fingerprint density at radius 1 is 1.64 bits per heavy atom. The lowest BCUT2D eigenvalue weighted by molar-refractivity contribution is -0.111. The summed E-state index contributed by atoms with van der Waals surface area (Å²) < 4.78 is 0.894. The van der Waals surface area contributed by atoms with Gasteiger partial charge in [0, 0.05) is 49.2 Å². The molecule has 0 saturated carbocycles. The van der Waals surface area contributed by atoms with E-state index in [1.165, 1.54) is 0 Å². The second-order valence-corrected chi connectivity index (χ2v) is 4.14. The molecule has 0 radical (unpaired) electrons. The normalized spacial score (nSPS) is 15.9. The second-order valence-electron chi connectivity index (χ2n) is 3.22. The van der Waals surface area contributed by atoms with Crippen LogP contribution in [0, 0.1) is 0 Å². The molecule has 0 atom stereocenters. The third-order valence-electron chi connectivity index (χ3n) is 1.69. The molecule has 0 aliphatic carbocycles. The van der Waals surface area contributed by atoms with Gasteiger partial charge < -0.3 is 10.2 Å². The molecule has 1 heterocycles. The molecule has 0 amide bonds. The molecule has 0 fully saturated rings. The standard InChI is InChI=1S/C10H13BrN2O/c1-13(2)4-3-10(14)8-5-9(11)7-12-6-8/h3-5,7,12H,6H2,1-2H3/b4-3+. The van der Waals surface area contributed by atoms with Crippen molar-refractivity contribution >= 4 is 21.7 Å². The zero-order valence-corrected chi connectivity index (χ0v) is 9.84. The van der Waals surface area contributed by atoms with E-state index in [1.807, 2.05) is 31.3 Å². The fourth-order valence-corrected chi connectivity index (χ4v) is 1.44. The van der Waals surface area contributed by atoms with Gasteiger partial charge in [-0.3, -0.25) is 4.79 Å². The number of hydrogen-bond acceptors (Lipinski definition) is 3. The quantitative estimate of drug-likeness (QED) is 0.775. The van der Waals surface area contributed by atoms with E-state index >= 15 is 0 Å². The number of allylic oxidation sites excluding steroid dienone is 3. The minimum absolute atomic E-state index is 0.0382. The van der Waals surface area contributed by atoms with E-state index in [0.717, 1.165) is 10.1 Å². The molecule has 1 aliphatic heterocycles. The van der Waals surface area contributed by atoms with Gasteiger partial charge in [-0.1, -0.05) is 0 Å². The number of carbonyl (C=O) groups excluding carboxylic acids is 1. The molecular formula is C10H13BrN2O. The van der Waals surface area contributed by atoms with E-state index in [4.69, 9.17) is 0 Å². The van der Waals surface area contributed by atoms with Crippen LogP contribution in [-0.2, 0) is 4.79 Å². The van der Waals surface area contributed by atoms with Gasteiger partial charge in [0.1, 0.15) is 0 Å². The Labute approximate surface area is 92.3 Å². The maximum atomic E-state index is 11.6. The number of dihydropyridines is 1. The minimum Gasteiger partial charge on any atom is -0.386 e. The van der Waals surface area contributed by atoms with Crippen molar-refractivity contribution in [2.45, 2.75) is 0 Å². The summed E-state index contributed by atoms with van der Waals surface area (Å²) in [5, 5.41) is 3.01. The number of nitrogens with zero attached hydrogens (tertiary/aromatic N) is 1. The predicted octanol–water partition coefficient (Wildman–Crippen LogP) is 1.40. The fourth-order valence-electron chi connectivity index (χ4n) is 1.000. The summed E-state index contributed by atoms with van der Waals surface area (Å²) in [6, 6.07) is 0. The summed E-state index contributed by atoms with van der Waals surface area (Å²) in [5.41, 5.74) is 0.762. The average molecular weight is 257 g/mol. The van der Waals surface area contributed by atoms with Gasteiger partial charge in [0.25, 0.3) is 0 Å². The van der Waals surface area contributed by atoms with Gasteiger partial charge in [0.15, 0.2) is 5.78 Å². The van der Waals surface area contributed by atoms with E-state index in [0.29, 0.717) is 6.54 Å². The smallest absolute Gasteiger partial charge is 0.185 e.